The molecule has 0 bridgehead atoms. The Labute approximate surface area is 143 Å². The fraction of sp³-hybridized carbons (Fsp3) is 0.333. The van der Waals surface area contributed by atoms with Gasteiger partial charge in [-0.2, -0.15) is 0 Å². The Kier molecular flexibility index (Phi) is 5.37. The van der Waals surface area contributed by atoms with E-state index in [9.17, 15) is 9.59 Å². The van der Waals surface area contributed by atoms with E-state index in [-0.39, 0.29) is 21.7 Å². The predicted octanol–water partition coefficient (Wildman–Crippen LogP) is 4.34. The Balaban J connectivity index is 2.24. The largest absolute Gasteiger partial charge is 0.468 e. The fourth-order valence-corrected chi connectivity index (χ4v) is 3.01. The summed E-state index contributed by atoms with van der Waals surface area (Å²) >= 11 is 18.0. The highest BCUT2D eigenvalue weighted by Gasteiger charge is 2.35. The van der Waals surface area contributed by atoms with Gasteiger partial charge in [-0.3, -0.25) is 9.59 Å². The molecule has 0 unspecified atom stereocenters. The molecule has 1 aliphatic rings. The van der Waals surface area contributed by atoms with Gasteiger partial charge in [0.1, 0.15) is 5.92 Å². The smallest absolute Gasteiger partial charge is 0.316 e. The zero-order chi connectivity index (χ0) is 16.4. The van der Waals surface area contributed by atoms with Crippen LogP contribution in [-0.2, 0) is 14.3 Å². The standard InChI is InChI=1S/C15H14Cl3NO3/c1-7-5-8(6-11(20)12(7)15(21)22-2)19-10-4-3-9(16)13(17)14(10)18/h3-4,6-7,12,19H,5H2,1-2H3/t7-,12+/m1/s1. The zero-order valence-corrected chi connectivity index (χ0v) is 14.2. The van der Waals surface area contributed by atoms with Crippen molar-refractivity contribution in [1.82, 2.24) is 0 Å². The molecule has 0 fully saturated rings. The number of methoxy groups -OCH3 is 1. The number of carbonyl (C=O) groups excluding carboxylic acids is 2. The Morgan fingerprint density at radius 2 is 1.95 bits per heavy atom. The van der Waals surface area contributed by atoms with Gasteiger partial charge in [-0.25, -0.2) is 0 Å². The van der Waals surface area contributed by atoms with E-state index in [0.29, 0.717) is 22.8 Å². The molecule has 7 heteroatoms. The molecule has 0 saturated heterocycles. The highest BCUT2D eigenvalue weighted by atomic mass is 35.5. The summed E-state index contributed by atoms with van der Waals surface area (Å²) in [4.78, 5) is 23.8. The lowest BCUT2D eigenvalue weighted by atomic mass is 9.82. The summed E-state index contributed by atoms with van der Waals surface area (Å²) in [7, 11) is 1.27. The summed E-state index contributed by atoms with van der Waals surface area (Å²) in [5.41, 5.74) is 1.22. The minimum Gasteiger partial charge on any atom is -0.468 e. The normalized spacial score (nSPS) is 21.3. The molecular formula is C15H14Cl3NO3. The van der Waals surface area contributed by atoms with Gasteiger partial charge in [-0.15, -0.1) is 0 Å². The molecule has 0 spiro atoms. The quantitative estimate of drug-likeness (QED) is 0.494. The number of anilines is 1. The van der Waals surface area contributed by atoms with Crippen LogP contribution in [0, 0.1) is 11.8 Å². The van der Waals surface area contributed by atoms with Crippen molar-refractivity contribution in [1.29, 1.82) is 0 Å². The second-order valence-corrected chi connectivity index (χ2v) is 6.27. The van der Waals surface area contributed by atoms with Crippen LogP contribution in [-0.4, -0.2) is 18.9 Å². The maximum atomic E-state index is 12.1. The number of benzene rings is 1. The summed E-state index contributed by atoms with van der Waals surface area (Å²) in [5.74, 6) is -1.74. The third kappa shape index (κ3) is 3.40. The van der Waals surface area contributed by atoms with Crippen LogP contribution in [0.2, 0.25) is 15.1 Å². The van der Waals surface area contributed by atoms with Crippen LogP contribution in [0.1, 0.15) is 13.3 Å². The van der Waals surface area contributed by atoms with Gasteiger partial charge in [0.15, 0.2) is 5.78 Å². The number of rotatable bonds is 3. The molecule has 4 nitrogen and oxygen atoms in total. The van der Waals surface area contributed by atoms with Gasteiger partial charge in [0.25, 0.3) is 0 Å². The van der Waals surface area contributed by atoms with Crippen LogP contribution in [0.3, 0.4) is 0 Å². The highest BCUT2D eigenvalue weighted by molar-refractivity contribution is 6.49. The number of ether oxygens (including phenoxy) is 1. The molecule has 0 radical (unpaired) electrons. The van der Waals surface area contributed by atoms with Crippen molar-refractivity contribution < 1.29 is 14.3 Å². The van der Waals surface area contributed by atoms with Crippen molar-refractivity contribution >= 4 is 52.2 Å². The molecular weight excluding hydrogens is 349 g/mol. The first kappa shape index (κ1) is 17.1. The van der Waals surface area contributed by atoms with E-state index < -0.39 is 11.9 Å². The third-order valence-corrected chi connectivity index (χ3v) is 4.81. The lowest BCUT2D eigenvalue weighted by molar-refractivity contribution is -0.150. The summed E-state index contributed by atoms with van der Waals surface area (Å²) in [6.07, 6.45) is 1.92. The fourth-order valence-electron chi connectivity index (χ4n) is 2.42. The lowest BCUT2D eigenvalue weighted by Gasteiger charge is -2.26. The average Bonchev–Trinajstić information content (AvgIpc) is 2.47. The number of halogens is 3. The molecule has 118 valence electrons. The second kappa shape index (κ2) is 6.90. The van der Waals surface area contributed by atoms with Gasteiger partial charge in [-0.05, 0) is 24.5 Å². The third-order valence-electron chi connectivity index (χ3n) is 3.52. The molecule has 1 aliphatic carbocycles. The van der Waals surface area contributed by atoms with Crippen LogP contribution in [0.5, 0.6) is 0 Å². The van der Waals surface area contributed by atoms with Crippen molar-refractivity contribution in [2.24, 2.45) is 11.8 Å². The lowest BCUT2D eigenvalue weighted by Crippen LogP contribution is -2.34. The van der Waals surface area contributed by atoms with Crippen molar-refractivity contribution in [3.63, 3.8) is 0 Å². The molecule has 1 aromatic carbocycles. The van der Waals surface area contributed by atoms with Crippen molar-refractivity contribution in [3.05, 3.63) is 39.0 Å². The molecule has 0 aromatic heterocycles. The molecule has 0 saturated carbocycles. The van der Waals surface area contributed by atoms with E-state index in [1.165, 1.54) is 13.2 Å². The predicted molar refractivity (Wildman–Crippen MR) is 87.5 cm³/mol. The summed E-state index contributed by atoms with van der Waals surface area (Å²) < 4.78 is 4.67. The number of allylic oxidation sites excluding steroid dienone is 2. The molecule has 0 heterocycles. The minimum absolute atomic E-state index is 0.172. The molecule has 22 heavy (non-hydrogen) atoms. The number of hydrogen-bond acceptors (Lipinski definition) is 4. The van der Waals surface area contributed by atoms with E-state index >= 15 is 0 Å². The molecule has 1 N–H and O–H groups in total. The summed E-state index contributed by atoms with van der Waals surface area (Å²) in [5, 5.41) is 3.95. The Morgan fingerprint density at radius 1 is 1.27 bits per heavy atom. The highest BCUT2D eigenvalue weighted by Crippen LogP contribution is 2.37. The maximum absolute atomic E-state index is 12.1. The number of nitrogens with one attached hydrogen (secondary N) is 1. The monoisotopic (exact) mass is 361 g/mol. The maximum Gasteiger partial charge on any atom is 0.316 e. The number of esters is 1. The van der Waals surface area contributed by atoms with Gasteiger partial charge in [0.05, 0.1) is 27.9 Å². The van der Waals surface area contributed by atoms with Gasteiger partial charge >= 0.3 is 5.97 Å². The first-order valence-electron chi connectivity index (χ1n) is 6.58. The first-order valence-corrected chi connectivity index (χ1v) is 7.71. The summed E-state index contributed by atoms with van der Waals surface area (Å²) in [6.45, 7) is 1.82. The van der Waals surface area contributed by atoms with Crippen molar-refractivity contribution in [3.8, 4) is 0 Å². The van der Waals surface area contributed by atoms with Crippen molar-refractivity contribution in [2.45, 2.75) is 13.3 Å². The number of hydrogen-bond donors (Lipinski definition) is 1. The Hall–Kier alpha value is -1.23. The van der Waals surface area contributed by atoms with Gasteiger partial charge in [-0.1, -0.05) is 41.7 Å². The number of carbonyl (C=O) groups is 2. The van der Waals surface area contributed by atoms with Gasteiger partial charge < -0.3 is 10.1 Å². The first-order chi connectivity index (χ1) is 10.3. The SMILES string of the molecule is COC(=O)[C@@H]1C(=O)C=C(Nc2ccc(Cl)c(Cl)c2Cl)C[C@H]1C. The van der Waals surface area contributed by atoms with E-state index in [0.717, 1.165) is 0 Å². The summed E-state index contributed by atoms with van der Waals surface area (Å²) in [6, 6.07) is 3.29. The van der Waals surface area contributed by atoms with Crippen LogP contribution in [0.25, 0.3) is 0 Å². The Bertz CT molecular complexity index is 658. The van der Waals surface area contributed by atoms with Crippen LogP contribution in [0.4, 0.5) is 5.69 Å². The van der Waals surface area contributed by atoms with Crippen LogP contribution < -0.4 is 5.32 Å². The topological polar surface area (TPSA) is 55.4 Å². The van der Waals surface area contributed by atoms with Crippen LogP contribution >= 0.6 is 34.8 Å². The zero-order valence-electron chi connectivity index (χ0n) is 12.0. The van der Waals surface area contributed by atoms with E-state index in [1.54, 1.807) is 12.1 Å². The molecule has 1 aromatic rings. The van der Waals surface area contributed by atoms with E-state index in [2.05, 4.69) is 10.1 Å². The van der Waals surface area contributed by atoms with Crippen LogP contribution in [0.15, 0.2) is 23.9 Å². The van der Waals surface area contributed by atoms with E-state index in [1.807, 2.05) is 6.92 Å². The average molecular weight is 363 g/mol. The minimum atomic E-state index is -0.764. The number of ketones is 1. The second-order valence-electron chi connectivity index (χ2n) is 5.10. The van der Waals surface area contributed by atoms with Gasteiger partial charge in [0.2, 0.25) is 0 Å². The van der Waals surface area contributed by atoms with E-state index in [4.69, 9.17) is 34.8 Å². The molecule has 2 atom stereocenters. The van der Waals surface area contributed by atoms with Crippen molar-refractivity contribution in [2.75, 3.05) is 12.4 Å². The van der Waals surface area contributed by atoms with Gasteiger partial charge in [0, 0.05) is 11.8 Å². The molecule has 2 rings (SSSR count). The Morgan fingerprint density at radius 3 is 2.55 bits per heavy atom. The molecule has 0 amide bonds. The molecule has 0 aliphatic heterocycles.